The van der Waals surface area contributed by atoms with Crippen LogP contribution in [0.2, 0.25) is 0 Å². The molecule has 0 radical (unpaired) electrons. The van der Waals surface area contributed by atoms with E-state index in [1.54, 1.807) is 24.3 Å². The largest absolute Gasteiger partial charge is 0.467 e. The average molecular weight is 222 g/mol. The van der Waals surface area contributed by atoms with E-state index in [2.05, 4.69) is 0 Å². The Bertz CT molecular complexity index is 350. The molecule has 0 aliphatic carbocycles. The van der Waals surface area contributed by atoms with Gasteiger partial charge >= 0.3 is 0 Å². The second kappa shape index (κ2) is 5.01. The van der Waals surface area contributed by atoms with Crippen molar-refractivity contribution in [1.29, 1.82) is 0 Å². The van der Waals surface area contributed by atoms with Crippen LogP contribution in [0, 0.1) is 0 Å². The Hall–Kier alpha value is -1.52. The fraction of sp³-hybridized carbons (Fsp3) is 0.333. The first kappa shape index (κ1) is 11.0. The molecule has 2 atom stereocenters. The van der Waals surface area contributed by atoms with Crippen LogP contribution in [0.25, 0.3) is 0 Å². The van der Waals surface area contributed by atoms with Gasteiger partial charge in [0.2, 0.25) is 0 Å². The van der Waals surface area contributed by atoms with Crippen LogP contribution in [-0.4, -0.2) is 10.2 Å². The Kier molecular flexibility index (Phi) is 3.44. The van der Waals surface area contributed by atoms with E-state index in [4.69, 9.17) is 8.83 Å². The second-order valence-corrected chi connectivity index (χ2v) is 3.64. The first-order valence-electron chi connectivity index (χ1n) is 5.20. The Morgan fingerprint density at radius 1 is 0.875 bits per heavy atom. The molecule has 0 bridgehead atoms. The maximum Gasteiger partial charge on any atom is 0.132 e. The smallest absolute Gasteiger partial charge is 0.132 e. The summed E-state index contributed by atoms with van der Waals surface area (Å²) in [5.74, 6) is 1.04. The number of furan rings is 2. The van der Waals surface area contributed by atoms with Gasteiger partial charge in [-0.1, -0.05) is 0 Å². The molecule has 2 aromatic heterocycles. The molecule has 0 aliphatic heterocycles. The zero-order valence-corrected chi connectivity index (χ0v) is 8.74. The van der Waals surface area contributed by atoms with Gasteiger partial charge in [-0.05, 0) is 37.1 Å². The molecule has 0 amide bonds. The van der Waals surface area contributed by atoms with E-state index in [-0.39, 0.29) is 0 Å². The molecule has 86 valence electrons. The highest BCUT2D eigenvalue weighted by atomic mass is 16.4. The monoisotopic (exact) mass is 222 g/mol. The van der Waals surface area contributed by atoms with E-state index in [1.807, 2.05) is 0 Å². The zero-order chi connectivity index (χ0) is 11.4. The van der Waals surface area contributed by atoms with E-state index in [0.29, 0.717) is 24.4 Å². The number of aliphatic hydroxyl groups is 2. The molecule has 0 aliphatic rings. The molecule has 4 nitrogen and oxygen atoms in total. The highest BCUT2D eigenvalue weighted by Crippen LogP contribution is 2.25. The van der Waals surface area contributed by atoms with Crippen molar-refractivity contribution in [1.82, 2.24) is 0 Å². The fourth-order valence-electron chi connectivity index (χ4n) is 1.56. The Morgan fingerprint density at radius 3 is 1.62 bits per heavy atom. The molecule has 2 N–H and O–H groups in total. The summed E-state index contributed by atoms with van der Waals surface area (Å²) in [7, 11) is 0. The molecule has 0 aromatic carbocycles. The summed E-state index contributed by atoms with van der Waals surface area (Å²) in [5, 5.41) is 19.4. The third-order valence-corrected chi connectivity index (χ3v) is 2.46. The van der Waals surface area contributed by atoms with E-state index in [9.17, 15) is 10.2 Å². The SMILES string of the molecule is O[C@@H](CC[C@H](O)c1ccco1)c1ccco1. The fourth-order valence-corrected chi connectivity index (χ4v) is 1.56. The van der Waals surface area contributed by atoms with Crippen LogP contribution in [0.4, 0.5) is 0 Å². The molecule has 0 saturated heterocycles. The normalized spacial score (nSPS) is 14.9. The maximum absolute atomic E-state index is 9.72. The number of hydrogen-bond acceptors (Lipinski definition) is 4. The highest BCUT2D eigenvalue weighted by molar-refractivity contribution is 5.04. The number of aliphatic hydroxyl groups excluding tert-OH is 2. The minimum Gasteiger partial charge on any atom is -0.467 e. The Balaban J connectivity index is 1.84. The average Bonchev–Trinajstić information content (AvgIpc) is 2.95. The van der Waals surface area contributed by atoms with Crippen LogP contribution in [0.5, 0.6) is 0 Å². The molecular formula is C12H14O4. The van der Waals surface area contributed by atoms with Gasteiger partial charge in [0.15, 0.2) is 0 Å². The third-order valence-electron chi connectivity index (χ3n) is 2.46. The number of rotatable bonds is 5. The lowest BCUT2D eigenvalue weighted by molar-refractivity contribution is 0.0903. The summed E-state index contributed by atoms with van der Waals surface area (Å²) < 4.78 is 10.1. The van der Waals surface area contributed by atoms with E-state index < -0.39 is 12.2 Å². The predicted molar refractivity (Wildman–Crippen MR) is 56.6 cm³/mol. The van der Waals surface area contributed by atoms with Crippen LogP contribution in [0.15, 0.2) is 45.6 Å². The Morgan fingerprint density at radius 2 is 1.31 bits per heavy atom. The first-order valence-corrected chi connectivity index (χ1v) is 5.20. The van der Waals surface area contributed by atoms with Crippen molar-refractivity contribution >= 4 is 0 Å². The molecule has 0 spiro atoms. The molecule has 2 heterocycles. The van der Waals surface area contributed by atoms with Gasteiger partial charge in [0.25, 0.3) is 0 Å². The molecule has 0 fully saturated rings. The predicted octanol–water partition coefficient (Wildman–Crippen LogP) is 2.42. The quantitative estimate of drug-likeness (QED) is 0.815. The summed E-state index contributed by atoms with van der Waals surface area (Å²) in [5.41, 5.74) is 0. The van der Waals surface area contributed by atoms with Gasteiger partial charge in [0, 0.05) is 0 Å². The molecular weight excluding hydrogens is 208 g/mol. The van der Waals surface area contributed by atoms with E-state index in [1.165, 1.54) is 12.5 Å². The van der Waals surface area contributed by atoms with Gasteiger partial charge in [0.05, 0.1) is 12.5 Å². The van der Waals surface area contributed by atoms with Gasteiger partial charge in [-0.3, -0.25) is 0 Å². The lowest BCUT2D eigenvalue weighted by Crippen LogP contribution is -2.01. The standard InChI is InChI=1S/C12H14O4/c13-9(11-3-1-7-15-11)5-6-10(14)12-4-2-8-16-12/h1-4,7-10,13-14H,5-6H2/t9-,10-/m0/s1. The highest BCUT2D eigenvalue weighted by Gasteiger charge is 2.15. The van der Waals surface area contributed by atoms with Crippen molar-refractivity contribution in [2.45, 2.75) is 25.0 Å². The molecule has 0 unspecified atom stereocenters. The lowest BCUT2D eigenvalue weighted by Gasteiger charge is -2.10. The molecule has 4 heteroatoms. The topological polar surface area (TPSA) is 66.7 Å². The molecule has 2 rings (SSSR count). The first-order chi connectivity index (χ1) is 7.77. The second-order valence-electron chi connectivity index (χ2n) is 3.64. The van der Waals surface area contributed by atoms with Gasteiger partial charge in [0.1, 0.15) is 23.7 Å². The lowest BCUT2D eigenvalue weighted by atomic mass is 10.1. The number of hydrogen-bond donors (Lipinski definition) is 2. The summed E-state index contributed by atoms with van der Waals surface area (Å²) in [6, 6.07) is 6.87. The van der Waals surface area contributed by atoms with Gasteiger partial charge < -0.3 is 19.0 Å². The van der Waals surface area contributed by atoms with Crippen molar-refractivity contribution in [3.05, 3.63) is 48.3 Å². The van der Waals surface area contributed by atoms with Crippen molar-refractivity contribution in [3.8, 4) is 0 Å². The summed E-state index contributed by atoms with van der Waals surface area (Å²) >= 11 is 0. The van der Waals surface area contributed by atoms with Crippen LogP contribution in [0.3, 0.4) is 0 Å². The van der Waals surface area contributed by atoms with Crippen LogP contribution in [0.1, 0.15) is 36.6 Å². The van der Waals surface area contributed by atoms with Crippen molar-refractivity contribution in [2.24, 2.45) is 0 Å². The maximum atomic E-state index is 9.72. The minimum atomic E-state index is -0.681. The molecule has 0 saturated carbocycles. The summed E-state index contributed by atoms with van der Waals surface area (Å²) in [6.45, 7) is 0. The third kappa shape index (κ3) is 2.53. The van der Waals surface area contributed by atoms with Crippen LogP contribution in [-0.2, 0) is 0 Å². The molecule has 16 heavy (non-hydrogen) atoms. The van der Waals surface area contributed by atoms with Crippen molar-refractivity contribution < 1.29 is 19.0 Å². The van der Waals surface area contributed by atoms with Crippen molar-refractivity contribution in [2.75, 3.05) is 0 Å². The van der Waals surface area contributed by atoms with E-state index >= 15 is 0 Å². The summed E-state index contributed by atoms with van der Waals surface area (Å²) in [6.07, 6.45) is 2.52. The Labute approximate surface area is 93.1 Å². The van der Waals surface area contributed by atoms with Gasteiger partial charge in [-0.25, -0.2) is 0 Å². The van der Waals surface area contributed by atoms with Crippen molar-refractivity contribution in [3.63, 3.8) is 0 Å². The van der Waals surface area contributed by atoms with Gasteiger partial charge in [-0.2, -0.15) is 0 Å². The summed E-state index contributed by atoms with van der Waals surface area (Å²) in [4.78, 5) is 0. The van der Waals surface area contributed by atoms with Crippen LogP contribution >= 0.6 is 0 Å². The van der Waals surface area contributed by atoms with Crippen LogP contribution < -0.4 is 0 Å². The van der Waals surface area contributed by atoms with E-state index in [0.717, 1.165) is 0 Å². The van der Waals surface area contributed by atoms with Gasteiger partial charge in [-0.15, -0.1) is 0 Å². The minimum absolute atomic E-state index is 0.426. The molecule has 2 aromatic rings. The zero-order valence-electron chi connectivity index (χ0n) is 8.74.